The molecular weight excluding hydrogens is 414 g/mol. The molecule has 2 aromatic rings. The fraction of sp³-hybridized carbons (Fsp3) is 0.500. The molecule has 1 saturated heterocycles. The molecular formula is C20H24F2N4O5. The highest BCUT2D eigenvalue weighted by Crippen LogP contribution is 2.22. The second-order valence-electron chi connectivity index (χ2n) is 7.59. The number of ether oxygens (including phenoxy) is 1. The number of nitrogens with one attached hydrogen (secondary N) is 1. The Bertz CT molecular complexity index is 963. The van der Waals surface area contributed by atoms with Crippen molar-refractivity contribution in [2.24, 2.45) is 5.92 Å². The molecule has 168 valence electrons. The van der Waals surface area contributed by atoms with E-state index in [2.05, 4.69) is 19.7 Å². The quantitative estimate of drug-likeness (QED) is 0.712. The molecule has 0 saturated carbocycles. The van der Waals surface area contributed by atoms with Crippen LogP contribution >= 0.6 is 0 Å². The predicted octanol–water partition coefficient (Wildman–Crippen LogP) is 2.44. The van der Waals surface area contributed by atoms with Crippen LogP contribution in [0.2, 0.25) is 0 Å². The zero-order valence-corrected chi connectivity index (χ0v) is 17.2. The third-order valence-electron chi connectivity index (χ3n) is 5.09. The van der Waals surface area contributed by atoms with Gasteiger partial charge in [0.25, 0.3) is 0 Å². The lowest BCUT2D eigenvalue weighted by molar-refractivity contribution is -0.135. The number of alkyl halides is 2. The van der Waals surface area contributed by atoms with E-state index in [1.54, 1.807) is 4.90 Å². The van der Waals surface area contributed by atoms with Crippen LogP contribution in [0.25, 0.3) is 0 Å². The summed E-state index contributed by atoms with van der Waals surface area (Å²) in [6, 6.07) is 5.66. The molecule has 11 heteroatoms. The van der Waals surface area contributed by atoms with E-state index in [4.69, 9.17) is 0 Å². The van der Waals surface area contributed by atoms with Crippen molar-refractivity contribution in [1.82, 2.24) is 14.6 Å². The number of benzene rings is 1. The zero-order chi connectivity index (χ0) is 22.5. The van der Waals surface area contributed by atoms with Gasteiger partial charge in [0.15, 0.2) is 5.82 Å². The van der Waals surface area contributed by atoms with Gasteiger partial charge >= 0.3 is 12.4 Å². The van der Waals surface area contributed by atoms with Gasteiger partial charge in [0.2, 0.25) is 11.8 Å². The van der Waals surface area contributed by atoms with Gasteiger partial charge in [-0.1, -0.05) is 19.0 Å². The molecule has 2 amide bonds. The molecule has 0 spiro atoms. The first kappa shape index (κ1) is 22.4. The highest BCUT2D eigenvalue weighted by Gasteiger charge is 2.28. The average Bonchev–Trinajstić information content (AvgIpc) is 3.09. The monoisotopic (exact) mass is 438 g/mol. The van der Waals surface area contributed by atoms with Crippen molar-refractivity contribution in [1.29, 1.82) is 0 Å². The van der Waals surface area contributed by atoms with E-state index in [1.165, 1.54) is 28.8 Å². The van der Waals surface area contributed by atoms with Crippen LogP contribution in [0.1, 0.15) is 38.4 Å². The molecule has 0 unspecified atom stereocenters. The fourth-order valence-electron chi connectivity index (χ4n) is 3.43. The predicted molar refractivity (Wildman–Crippen MR) is 106 cm³/mol. The number of aromatic nitrogens is 2. The topological polar surface area (TPSA) is 107 Å². The summed E-state index contributed by atoms with van der Waals surface area (Å²) in [6.07, 6.45) is 0.944. The number of hydrogen-bond acceptors (Lipinski definition) is 6. The smallest absolute Gasteiger partial charge is 0.435 e. The first-order valence-corrected chi connectivity index (χ1v) is 9.94. The minimum Gasteiger partial charge on any atom is -0.435 e. The second-order valence-corrected chi connectivity index (χ2v) is 7.59. The Morgan fingerprint density at radius 3 is 2.45 bits per heavy atom. The van der Waals surface area contributed by atoms with Crippen LogP contribution in [0.3, 0.4) is 0 Å². The maximum atomic E-state index is 12.6. The summed E-state index contributed by atoms with van der Waals surface area (Å²) in [5.41, 5.74) is 0.471. The standard InChI is InChI=1S/C20H24F2N4O5/c1-12(2)17-24-31-20(29)26(17)11-16(27)25-9-7-13(8-10-25)18(28)23-14-3-5-15(6-4-14)30-19(21)22/h3-6,12-13,19H,7-11H2,1-2H3,(H,23,28). The molecule has 3 rings (SSSR count). The van der Waals surface area contributed by atoms with Crippen molar-refractivity contribution >= 4 is 17.5 Å². The number of carbonyl (C=O) groups is 2. The van der Waals surface area contributed by atoms with Crippen molar-refractivity contribution in [2.75, 3.05) is 18.4 Å². The van der Waals surface area contributed by atoms with Crippen LogP contribution in [0.4, 0.5) is 14.5 Å². The molecule has 1 aliphatic rings. The summed E-state index contributed by atoms with van der Waals surface area (Å²) < 4.78 is 34.6. The number of nitrogens with zero attached hydrogens (tertiary/aromatic N) is 3. The zero-order valence-electron chi connectivity index (χ0n) is 17.2. The molecule has 2 heterocycles. The summed E-state index contributed by atoms with van der Waals surface area (Å²) in [5.74, 6) is -1.04. The van der Waals surface area contributed by atoms with E-state index >= 15 is 0 Å². The summed E-state index contributed by atoms with van der Waals surface area (Å²) in [4.78, 5) is 38.5. The van der Waals surface area contributed by atoms with Gasteiger partial charge in [-0.25, -0.2) is 4.79 Å². The van der Waals surface area contributed by atoms with Crippen LogP contribution < -0.4 is 15.8 Å². The Morgan fingerprint density at radius 1 is 1.23 bits per heavy atom. The Morgan fingerprint density at radius 2 is 1.87 bits per heavy atom. The van der Waals surface area contributed by atoms with E-state index in [0.29, 0.717) is 37.4 Å². The van der Waals surface area contributed by atoms with Crippen LogP contribution in [0.15, 0.2) is 33.6 Å². The van der Waals surface area contributed by atoms with Crippen molar-refractivity contribution in [3.8, 4) is 5.75 Å². The van der Waals surface area contributed by atoms with E-state index < -0.39 is 12.4 Å². The van der Waals surface area contributed by atoms with Crippen LogP contribution in [-0.2, 0) is 16.1 Å². The summed E-state index contributed by atoms with van der Waals surface area (Å²) in [6.45, 7) is 1.40. The third-order valence-corrected chi connectivity index (χ3v) is 5.09. The molecule has 1 N–H and O–H groups in total. The second kappa shape index (κ2) is 9.71. The van der Waals surface area contributed by atoms with Gasteiger partial charge in [0.1, 0.15) is 12.3 Å². The van der Waals surface area contributed by atoms with Crippen LogP contribution in [0, 0.1) is 5.92 Å². The minimum absolute atomic E-state index is 0.00683. The highest BCUT2D eigenvalue weighted by atomic mass is 19.3. The van der Waals surface area contributed by atoms with Crippen molar-refractivity contribution in [3.63, 3.8) is 0 Å². The normalized spacial score (nSPS) is 14.8. The largest absolute Gasteiger partial charge is 0.442 e. The van der Waals surface area contributed by atoms with Gasteiger partial charge < -0.3 is 15.0 Å². The molecule has 0 aliphatic carbocycles. The van der Waals surface area contributed by atoms with Crippen LogP contribution in [0.5, 0.6) is 5.75 Å². The number of likely N-dealkylation sites (tertiary alicyclic amines) is 1. The molecule has 0 atom stereocenters. The van der Waals surface area contributed by atoms with Gasteiger partial charge in [-0.15, -0.1) is 0 Å². The number of rotatable bonds is 7. The number of piperidine rings is 1. The first-order valence-electron chi connectivity index (χ1n) is 9.94. The lowest BCUT2D eigenvalue weighted by Crippen LogP contribution is -2.43. The number of anilines is 1. The van der Waals surface area contributed by atoms with Crippen molar-refractivity contribution in [3.05, 3.63) is 40.6 Å². The summed E-state index contributed by atoms with van der Waals surface area (Å²) >= 11 is 0. The number of carbonyl (C=O) groups excluding carboxylic acids is 2. The Balaban J connectivity index is 1.51. The van der Waals surface area contributed by atoms with Crippen LogP contribution in [-0.4, -0.2) is 46.1 Å². The van der Waals surface area contributed by atoms with E-state index in [-0.39, 0.29) is 35.9 Å². The van der Waals surface area contributed by atoms with E-state index in [1.807, 2.05) is 13.8 Å². The molecule has 0 radical (unpaired) electrons. The number of amides is 2. The summed E-state index contributed by atoms with van der Waals surface area (Å²) in [7, 11) is 0. The van der Waals surface area contributed by atoms with Gasteiger partial charge in [0.05, 0.1) is 0 Å². The SMILES string of the molecule is CC(C)c1noc(=O)n1CC(=O)N1CCC(C(=O)Nc2ccc(OC(F)F)cc2)CC1. The fourth-order valence-corrected chi connectivity index (χ4v) is 3.43. The number of halogens is 2. The van der Waals surface area contributed by atoms with Gasteiger partial charge in [-0.2, -0.15) is 8.78 Å². The highest BCUT2D eigenvalue weighted by molar-refractivity contribution is 5.92. The lowest BCUT2D eigenvalue weighted by Gasteiger charge is -2.31. The maximum absolute atomic E-state index is 12.6. The molecule has 1 aliphatic heterocycles. The van der Waals surface area contributed by atoms with Gasteiger partial charge in [-0.05, 0) is 37.1 Å². The van der Waals surface area contributed by atoms with Gasteiger partial charge in [-0.3, -0.25) is 18.7 Å². The Labute approximate surface area is 176 Å². The maximum Gasteiger partial charge on any atom is 0.442 e. The molecule has 31 heavy (non-hydrogen) atoms. The van der Waals surface area contributed by atoms with Crippen molar-refractivity contribution < 1.29 is 27.6 Å². The molecule has 9 nitrogen and oxygen atoms in total. The average molecular weight is 438 g/mol. The first-order chi connectivity index (χ1) is 14.7. The van der Waals surface area contributed by atoms with E-state index in [9.17, 15) is 23.2 Å². The number of hydrogen-bond donors (Lipinski definition) is 1. The molecule has 1 fully saturated rings. The van der Waals surface area contributed by atoms with Crippen molar-refractivity contribution in [2.45, 2.75) is 45.8 Å². The Hall–Kier alpha value is -3.24. The minimum atomic E-state index is -2.91. The molecule has 1 aromatic heterocycles. The lowest BCUT2D eigenvalue weighted by atomic mass is 9.95. The third kappa shape index (κ3) is 5.68. The molecule has 1 aromatic carbocycles. The van der Waals surface area contributed by atoms with Gasteiger partial charge in [0, 0.05) is 30.6 Å². The van der Waals surface area contributed by atoms with E-state index in [0.717, 1.165) is 0 Å². The Kier molecular flexibility index (Phi) is 7.03. The summed E-state index contributed by atoms with van der Waals surface area (Å²) in [5, 5.41) is 6.46. The molecule has 0 bridgehead atoms.